The van der Waals surface area contributed by atoms with Gasteiger partial charge in [0.15, 0.2) is 0 Å². The van der Waals surface area contributed by atoms with Crippen molar-refractivity contribution in [1.82, 2.24) is 0 Å². The van der Waals surface area contributed by atoms with E-state index in [-0.39, 0.29) is 45.1 Å². The molecule has 0 saturated carbocycles. The molecule has 0 aliphatic carbocycles. The number of halogens is 1. The third-order valence-corrected chi connectivity index (χ3v) is 2.31. The van der Waals surface area contributed by atoms with Gasteiger partial charge in [-0.15, -0.1) is 0 Å². The van der Waals surface area contributed by atoms with Crippen LogP contribution in [-0.2, 0) is 0 Å². The first-order chi connectivity index (χ1) is 2.00. The zero-order valence-corrected chi connectivity index (χ0v) is 7.27. The van der Waals surface area contributed by atoms with Crippen LogP contribution in [0.4, 0.5) is 0 Å². The molecular formula is C3H3ISb-. The average Bonchev–Trinajstić information content (AvgIpc) is 0.722. The molecule has 2 heteroatoms. The fourth-order valence-corrected chi connectivity index (χ4v) is 0.577. The van der Waals surface area contributed by atoms with Gasteiger partial charge in [0.05, 0.1) is 0 Å². The minimum Gasteiger partial charge on any atom is -1.00 e. The van der Waals surface area contributed by atoms with Crippen LogP contribution in [-0.4, -0.2) is 25.1 Å². The molecule has 1 aliphatic rings. The molecule has 0 aromatic rings. The van der Waals surface area contributed by atoms with Crippen LogP contribution >= 0.6 is 0 Å². The first kappa shape index (κ1) is 6.16. The molecule has 0 amide bonds. The van der Waals surface area contributed by atoms with Crippen LogP contribution in [0, 0.1) is 0 Å². The summed E-state index contributed by atoms with van der Waals surface area (Å²) in [6.45, 7) is 0. The van der Waals surface area contributed by atoms with Gasteiger partial charge in [-0.3, -0.25) is 0 Å². The number of allylic oxidation sites excluding steroid dienone is 1. The minimum absolute atomic E-state index is 0. The Bertz CT molecular complexity index is 47.3. The van der Waals surface area contributed by atoms with Gasteiger partial charge in [-0.25, -0.2) is 0 Å². The van der Waals surface area contributed by atoms with E-state index in [4.69, 9.17) is 0 Å². The molecule has 1 heterocycles. The molecule has 0 nitrogen and oxygen atoms in total. The van der Waals surface area contributed by atoms with Crippen molar-refractivity contribution in [3.8, 4) is 0 Å². The van der Waals surface area contributed by atoms with E-state index in [2.05, 4.69) is 14.0 Å². The maximum Gasteiger partial charge on any atom is -1.00 e. The zero-order chi connectivity index (χ0) is 2.83. The van der Waals surface area contributed by atoms with Crippen LogP contribution in [0.3, 0.4) is 0 Å². The van der Waals surface area contributed by atoms with Crippen LogP contribution in [0.2, 0.25) is 0 Å². The molecule has 0 N–H and O–H groups in total. The van der Waals surface area contributed by atoms with Crippen molar-refractivity contribution in [2.75, 3.05) is 0 Å². The molecule has 0 aromatic heterocycles. The molecular weight excluding hydrogens is 285 g/mol. The molecule has 0 fully saturated rings. The second-order valence-corrected chi connectivity index (χ2v) is 3.19. The average molecular weight is 288 g/mol. The Morgan fingerprint density at radius 2 is 1.60 bits per heavy atom. The van der Waals surface area contributed by atoms with Crippen LogP contribution < -0.4 is 24.0 Å². The quantitative estimate of drug-likeness (QED) is 0.330. The van der Waals surface area contributed by atoms with Crippen molar-refractivity contribution in [2.24, 2.45) is 0 Å². The Kier molecular flexibility index (Phi) is 4.13. The van der Waals surface area contributed by atoms with E-state index in [1.165, 1.54) is 0 Å². The summed E-state index contributed by atoms with van der Waals surface area (Å²) >= 11 is 0.228. The maximum atomic E-state index is 2.28. The maximum absolute atomic E-state index is 2.28. The van der Waals surface area contributed by atoms with E-state index in [9.17, 15) is 0 Å². The van der Waals surface area contributed by atoms with Gasteiger partial charge in [-0.1, -0.05) is 0 Å². The SMILES string of the molecule is C1=[CH][Sb]=[CH]1.[I-]. The van der Waals surface area contributed by atoms with Crippen molar-refractivity contribution in [1.29, 1.82) is 0 Å². The Labute approximate surface area is 58.7 Å². The predicted molar refractivity (Wildman–Crippen MR) is 21.0 cm³/mol. The van der Waals surface area contributed by atoms with Crippen molar-refractivity contribution >= 4 is 25.1 Å². The Hall–Kier alpha value is 1.16. The molecule has 1 aliphatic heterocycles. The van der Waals surface area contributed by atoms with Crippen LogP contribution in [0.25, 0.3) is 0 Å². The van der Waals surface area contributed by atoms with Gasteiger partial charge in [-0.2, -0.15) is 0 Å². The van der Waals surface area contributed by atoms with Gasteiger partial charge in [-0.05, 0) is 0 Å². The zero-order valence-electron chi connectivity index (χ0n) is 2.56. The van der Waals surface area contributed by atoms with E-state index in [0.717, 1.165) is 0 Å². The second-order valence-electron chi connectivity index (χ2n) is 0.640. The summed E-state index contributed by atoms with van der Waals surface area (Å²) in [5.41, 5.74) is 0. The summed E-state index contributed by atoms with van der Waals surface area (Å²) in [6.07, 6.45) is 2.12. The van der Waals surface area contributed by atoms with Crippen molar-refractivity contribution in [3.05, 3.63) is 10.1 Å². The molecule has 0 spiro atoms. The summed E-state index contributed by atoms with van der Waals surface area (Å²) in [6, 6.07) is 0. The van der Waals surface area contributed by atoms with Crippen LogP contribution in [0.1, 0.15) is 0 Å². The monoisotopic (exact) mass is 287 g/mol. The van der Waals surface area contributed by atoms with E-state index < -0.39 is 0 Å². The summed E-state index contributed by atoms with van der Waals surface area (Å²) in [5, 5.41) is 0. The normalized spacial score (nSPS) is 12.8. The Morgan fingerprint density at radius 3 is 1.60 bits per heavy atom. The number of rotatable bonds is 0. The fourth-order valence-electron chi connectivity index (χ4n) is 0.0861. The van der Waals surface area contributed by atoms with Gasteiger partial charge in [0.2, 0.25) is 0 Å². The molecule has 0 radical (unpaired) electrons. The van der Waals surface area contributed by atoms with Crippen molar-refractivity contribution < 1.29 is 24.0 Å². The largest absolute Gasteiger partial charge is 1.00 e. The van der Waals surface area contributed by atoms with Gasteiger partial charge in [0.1, 0.15) is 0 Å². The van der Waals surface area contributed by atoms with Gasteiger partial charge < -0.3 is 24.0 Å². The van der Waals surface area contributed by atoms with Crippen molar-refractivity contribution in [2.45, 2.75) is 0 Å². The molecule has 0 aromatic carbocycles. The van der Waals surface area contributed by atoms with Crippen LogP contribution in [0.5, 0.6) is 0 Å². The molecule has 0 bridgehead atoms. The smallest absolute Gasteiger partial charge is 1.00 e. The molecule has 0 atom stereocenters. The molecule has 1 rings (SSSR count). The van der Waals surface area contributed by atoms with E-state index in [0.29, 0.717) is 0 Å². The minimum atomic E-state index is 0. The van der Waals surface area contributed by atoms with Crippen LogP contribution in [0.15, 0.2) is 10.1 Å². The molecule has 5 heavy (non-hydrogen) atoms. The number of hydrogen-bond acceptors (Lipinski definition) is 0. The summed E-state index contributed by atoms with van der Waals surface area (Å²) in [4.78, 5) is 0. The number of hydrogen-bond donors (Lipinski definition) is 0. The van der Waals surface area contributed by atoms with Crippen molar-refractivity contribution in [3.63, 3.8) is 0 Å². The first-order valence-electron chi connectivity index (χ1n) is 1.18. The third-order valence-electron chi connectivity index (χ3n) is 0.344. The van der Waals surface area contributed by atoms with Gasteiger partial charge in [0.25, 0.3) is 0 Å². The topological polar surface area (TPSA) is 0 Å². The van der Waals surface area contributed by atoms with Gasteiger partial charge in [0, 0.05) is 0 Å². The summed E-state index contributed by atoms with van der Waals surface area (Å²) < 4.78 is 4.55. The Morgan fingerprint density at radius 1 is 1.40 bits per heavy atom. The van der Waals surface area contributed by atoms with Gasteiger partial charge >= 0.3 is 35.2 Å². The summed E-state index contributed by atoms with van der Waals surface area (Å²) in [7, 11) is 0. The first-order valence-corrected chi connectivity index (χ1v) is 4.13. The molecule has 0 saturated heterocycles. The summed E-state index contributed by atoms with van der Waals surface area (Å²) in [5.74, 6) is 0. The predicted octanol–water partition coefficient (Wildman–Crippen LogP) is -2.98. The fraction of sp³-hybridized carbons (Fsp3) is 0. The third kappa shape index (κ3) is 1.93. The van der Waals surface area contributed by atoms with E-state index >= 15 is 0 Å². The van der Waals surface area contributed by atoms with E-state index in [1.54, 1.807) is 0 Å². The standard InChI is InChI=1S/C3H3.HI.Sb/c1-3-2;;/h1-3H;1H;/p-1. The van der Waals surface area contributed by atoms with E-state index in [1.807, 2.05) is 0 Å². The Balaban J connectivity index is 0.000000160. The molecule has 0 unspecified atom stereocenters. The second kappa shape index (κ2) is 3.35. The molecule has 28 valence electrons.